The van der Waals surface area contributed by atoms with Gasteiger partial charge in [0.25, 0.3) is 0 Å². The fourth-order valence-corrected chi connectivity index (χ4v) is 22.0. The van der Waals surface area contributed by atoms with E-state index in [0.717, 1.165) is 223 Å². The Hall–Kier alpha value is -11.3. The lowest BCUT2D eigenvalue weighted by molar-refractivity contribution is -0.144. The topological polar surface area (TPSA) is 385 Å². The summed E-state index contributed by atoms with van der Waals surface area (Å²) in [6.07, 6.45) is 31.3. The van der Waals surface area contributed by atoms with Crippen LogP contribution in [0, 0.1) is 79.1 Å². The maximum absolute atomic E-state index is 12.6. The van der Waals surface area contributed by atoms with Crippen LogP contribution in [0.25, 0.3) is 44.7 Å². The van der Waals surface area contributed by atoms with Crippen molar-refractivity contribution in [3.05, 3.63) is 138 Å². The minimum absolute atomic E-state index is 0.1000. The van der Waals surface area contributed by atoms with E-state index in [1.165, 1.54) is 25.7 Å². The quantitative estimate of drug-likeness (QED) is 0.0284. The van der Waals surface area contributed by atoms with Crippen LogP contribution in [0.5, 0.6) is 23.0 Å². The van der Waals surface area contributed by atoms with Crippen molar-refractivity contribution in [2.75, 3.05) is 28.2 Å². The lowest BCUT2D eigenvalue weighted by Crippen LogP contribution is -2.35. The van der Waals surface area contributed by atoms with Gasteiger partial charge in [-0.1, -0.05) is 51.4 Å². The number of carboxylic acids is 4. The van der Waals surface area contributed by atoms with Crippen molar-refractivity contribution < 1.29 is 101 Å². The SMILES string of the molecule is Cc1c[nH]c(-c2ccc(O[C@H]3CCC[C@H](C(=O)O)C3)c(C)n2)c1COC(=O)N(C)C1CCCC1.Cc1coc(-c2ccc(O[C@H]3CCC[C@H](C(=O)O)C3)c(C)n2)c1COC(=O)N(C)C1CCCC1.Cc1csc(-c2ccc(O[C@H]3CCC[C@H](C(=O)O)C3)c(C)n2)c1COC(=O)N(C)C1CCCC1.Cc1nc(-c2csc(C)c2COC(=O)N(C)C2CCCC2)ccc1O[C@H]1CCC[C@H](C(=O)O)C1. The third-order valence-electron chi connectivity index (χ3n) is 28.7. The number of aromatic nitrogens is 5. The third-order valence-corrected chi connectivity index (χ3v) is 30.9. The standard InChI is InChI=1S/C26H35N3O5.C26H34N2O6.2C26H34N2O5S/c1-16-14-27-24(21(16)15-33-26(32)29(3)19-8-4-5-9-19)22-11-12-23(17(2)28-22)34-20-10-6-7-18(13-20)25(30)31;1-16-14-32-24(21(16)15-33-26(31)28(3)19-8-4-5-9-19)22-11-12-23(17(2)27-22)34-20-10-6-7-18(13-20)25(29)30;1-16-24(33-20-10-6-7-18(13-20)25(29)30)12-11-23(27-16)22-15-34-17(2)21(22)14-32-26(31)28(3)19-8-4-5-9-19;1-16-15-34-24(21(16)14-32-26(31)28(3)19-8-4-5-9-19)22-11-12-23(17(2)27-22)33-20-10-6-7-18(13-20)25(29)30/h11-12,14,18-20,27H,4-10,13,15H2,1-3H3,(H,30,31);11-12,14,18-20H,4-10,13,15H2,1-3H3,(H,29,30);2*11-12,15,18-20H,4-10,13-14H2,1-3H3,(H,29,30)/t4*18-,20-/m0000/s1. The Kier molecular flexibility index (Phi) is 36.2. The number of thiophene rings is 2. The average Bonchev–Trinajstić information content (AvgIpc) is 1.64. The number of amides is 4. The van der Waals surface area contributed by atoms with Gasteiger partial charge >= 0.3 is 48.3 Å². The van der Waals surface area contributed by atoms with Crippen LogP contribution in [-0.2, 0) is 64.6 Å². The van der Waals surface area contributed by atoms with Gasteiger partial charge in [0.1, 0.15) is 55.1 Å². The summed E-state index contributed by atoms with van der Waals surface area (Å²) >= 11 is 3.22. The maximum atomic E-state index is 12.6. The lowest BCUT2D eigenvalue weighted by Gasteiger charge is -2.27. The number of furan rings is 1. The van der Waals surface area contributed by atoms with Gasteiger partial charge in [0.05, 0.1) is 105 Å². The van der Waals surface area contributed by atoms with E-state index in [0.29, 0.717) is 91.5 Å². The molecule has 0 bridgehead atoms. The zero-order chi connectivity index (χ0) is 97.0. The number of ether oxygens (including phenoxy) is 8. The number of aliphatic carboxylic acids is 4. The number of hydrogen-bond donors (Lipinski definition) is 5. The van der Waals surface area contributed by atoms with E-state index in [4.69, 9.17) is 57.3 Å². The molecule has 30 nitrogen and oxygen atoms in total. The zero-order valence-electron chi connectivity index (χ0n) is 80.9. The molecule has 0 radical (unpaired) electrons. The van der Waals surface area contributed by atoms with Gasteiger partial charge in [-0.3, -0.25) is 19.2 Å². The summed E-state index contributed by atoms with van der Waals surface area (Å²) < 4.78 is 53.0. The Labute approximate surface area is 805 Å². The van der Waals surface area contributed by atoms with Crippen LogP contribution in [0.4, 0.5) is 19.2 Å². The molecule has 136 heavy (non-hydrogen) atoms. The van der Waals surface area contributed by atoms with E-state index < -0.39 is 23.9 Å². The van der Waals surface area contributed by atoms with Crippen molar-refractivity contribution in [1.29, 1.82) is 0 Å². The van der Waals surface area contributed by atoms with Crippen molar-refractivity contribution in [3.63, 3.8) is 0 Å². The van der Waals surface area contributed by atoms with E-state index >= 15 is 0 Å². The molecule has 8 atom stereocenters. The molecule has 16 rings (SSSR count). The molecule has 8 aliphatic carbocycles. The first-order valence-corrected chi connectivity index (χ1v) is 50.5. The second kappa shape index (κ2) is 48.1. The zero-order valence-corrected chi connectivity index (χ0v) is 82.6. The molecular formula is C104H137N9O21S2. The van der Waals surface area contributed by atoms with Crippen molar-refractivity contribution >= 4 is 70.9 Å². The van der Waals surface area contributed by atoms with E-state index in [1.54, 1.807) is 55.6 Å². The normalized spacial score (nSPS) is 20.8. The van der Waals surface area contributed by atoms with Crippen LogP contribution < -0.4 is 18.9 Å². The minimum Gasteiger partial charge on any atom is -0.489 e. The lowest BCUT2D eigenvalue weighted by atomic mass is 9.87. The predicted molar refractivity (Wildman–Crippen MR) is 516 cm³/mol. The Morgan fingerprint density at radius 1 is 0.360 bits per heavy atom. The van der Waals surface area contributed by atoms with Gasteiger partial charge in [0.15, 0.2) is 5.76 Å². The molecule has 0 aromatic carbocycles. The molecule has 0 unspecified atom stereocenters. The van der Waals surface area contributed by atoms with E-state index in [2.05, 4.69) is 20.7 Å². The summed E-state index contributed by atoms with van der Waals surface area (Å²) in [5, 5.41) is 41.4. The summed E-state index contributed by atoms with van der Waals surface area (Å²) in [4.78, 5) is 127. The number of carboxylic acid groups (broad SMARTS) is 4. The van der Waals surface area contributed by atoms with Gasteiger partial charge in [0.2, 0.25) is 0 Å². The van der Waals surface area contributed by atoms with Gasteiger partial charge in [-0.15, -0.1) is 22.7 Å². The molecule has 4 amide bonds. The number of carbonyl (C=O) groups excluding carboxylic acids is 4. The van der Waals surface area contributed by atoms with Crippen molar-refractivity contribution in [2.24, 2.45) is 23.7 Å². The van der Waals surface area contributed by atoms with E-state index in [-0.39, 0.29) is 123 Å². The number of hydrogen-bond acceptors (Lipinski definition) is 23. The number of H-pyrrole nitrogens is 1. The molecule has 0 saturated heterocycles. The smallest absolute Gasteiger partial charge is 0.410 e. The highest BCUT2D eigenvalue weighted by molar-refractivity contribution is 7.14. The van der Waals surface area contributed by atoms with Gasteiger partial charge in [-0.05, 0) is 280 Å². The monoisotopic (exact) mass is 1910 g/mol. The Bertz CT molecular complexity index is 4770. The third kappa shape index (κ3) is 26.7. The molecule has 8 fully saturated rings. The molecule has 8 heterocycles. The summed E-state index contributed by atoms with van der Waals surface area (Å²) in [7, 11) is 7.27. The van der Waals surface area contributed by atoms with Gasteiger partial charge in [0, 0.05) is 96.6 Å². The van der Waals surface area contributed by atoms with Crippen LogP contribution in [0.15, 0.2) is 76.2 Å². The fraction of sp³-hybridized carbons (Fsp3) is 0.577. The predicted octanol–water partition coefficient (Wildman–Crippen LogP) is 22.6. The van der Waals surface area contributed by atoms with Crippen LogP contribution >= 0.6 is 22.7 Å². The summed E-state index contributed by atoms with van der Waals surface area (Å²) in [6.45, 7) is 16.3. The van der Waals surface area contributed by atoms with Crippen molar-refractivity contribution in [1.82, 2.24) is 44.5 Å². The molecule has 8 aromatic heterocycles. The molecule has 0 spiro atoms. The molecule has 8 aliphatic rings. The molecule has 8 saturated carbocycles. The molecule has 5 N–H and O–H groups in total. The fourth-order valence-electron chi connectivity index (χ4n) is 20.1. The Morgan fingerprint density at radius 2 is 0.684 bits per heavy atom. The Morgan fingerprint density at radius 3 is 1.06 bits per heavy atom. The second-order valence-corrected chi connectivity index (χ2v) is 40.2. The first-order chi connectivity index (χ1) is 65.3. The van der Waals surface area contributed by atoms with Gasteiger partial charge < -0.3 is 87.3 Å². The molecular weight excluding hydrogens is 1780 g/mol. The Balaban J connectivity index is 0.000000153. The minimum atomic E-state index is -0.755. The molecule has 736 valence electrons. The molecule has 32 heteroatoms. The number of nitrogens with zero attached hydrogens (tertiary/aromatic N) is 8. The first kappa shape index (κ1) is 102. The number of pyridine rings is 4. The maximum Gasteiger partial charge on any atom is 0.410 e. The summed E-state index contributed by atoms with van der Waals surface area (Å²) in [5.74, 6) is -1.06. The highest BCUT2D eigenvalue weighted by atomic mass is 32.1. The second-order valence-electron chi connectivity index (χ2n) is 38.3. The van der Waals surface area contributed by atoms with Crippen LogP contribution in [0.3, 0.4) is 0 Å². The number of aromatic amines is 1. The average molecular weight is 1910 g/mol. The molecule has 0 aliphatic heterocycles. The van der Waals surface area contributed by atoms with E-state index in [1.807, 2.05) is 131 Å². The molecule has 8 aromatic rings. The number of rotatable bonds is 28. The number of aryl methyl sites for hydroxylation is 8. The van der Waals surface area contributed by atoms with Crippen molar-refractivity contribution in [2.45, 2.75) is 336 Å². The first-order valence-electron chi connectivity index (χ1n) is 48.8. The largest absolute Gasteiger partial charge is 0.489 e. The van der Waals surface area contributed by atoms with Crippen molar-refractivity contribution in [3.8, 4) is 67.7 Å². The number of nitrogens with one attached hydrogen (secondary N) is 1. The highest BCUT2D eigenvalue weighted by Crippen LogP contribution is 2.42. The summed E-state index contributed by atoms with van der Waals surface area (Å²) in [6, 6.07) is 16.2. The number of carbonyl (C=O) groups is 8. The van der Waals surface area contributed by atoms with Gasteiger partial charge in [-0.2, -0.15) is 0 Å². The highest BCUT2D eigenvalue weighted by Gasteiger charge is 2.37. The van der Waals surface area contributed by atoms with Crippen LogP contribution in [0.1, 0.15) is 272 Å². The summed E-state index contributed by atoms with van der Waals surface area (Å²) in [5.41, 5.74) is 14.5. The van der Waals surface area contributed by atoms with Crippen LogP contribution in [-0.4, -0.2) is 190 Å². The van der Waals surface area contributed by atoms with Gasteiger partial charge in [-0.25, -0.2) is 39.1 Å². The van der Waals surface area contributed by atoms with E-state index in [9.17, 15) is 58.8 Å². The van der Waals surface area contributed by atoms with Crippen LogP contribution in [0.2, 0.25) is 0 Å².